The zero-order valence-electron chi connectivity index (χ0n) is 11.9. The van der Waals surface area contributed by atoms with Gasteiger partial charge in [0.05, 0.1) is 33.0 Å². The maximum atomic E-state index is 11.8. The Morgan fingerprint density at radius 1 is 1.05 bits per heavy atom. The Labute approximate surface area is 117 Å². The van der Waals surface area contributed by atoms with Gasteiger partial charge in [-0.3, -0.25) is 24.6 Å². The van der Waals surface area contributed by atoms with Crippen LogP contribution in [0.5, 0.6) is 0 Å². The van der Waals surface area contributed by atoms with E-state index in [1.54, 1.807) is 18.7 Å². The van der Waals surface area contributed by atoms with Crippen LogP contribution < -0.4 is 0 Å². The molecule has 0 saturated carbocycles. The van der Waals surface area contributed by atoms with Crippen LogP contribution >= 0.6 is 0 Å². The van der Waals surface area contributed by atoms with Crippen molar-refractivity contribution < 1.29 is 14.5 Å². The van der Waals surface area contributed by atoms with Gasteiger partial charge < -0.3 is 9.80 Å². The molecule has 0 radical (unpaired) electrons. The van der Waals surface area contributed by atoms with Gasteiger partial charge in [0, 0.05) is 17.8 Å². The zero-order valence-corrected chi connectivity index (χ0v) is 11.9. The second-order valence-corrected chi connectivity index (χ2v) is 5.48. The number of fused-ring (bicyclic) bond motifs is 2. The fraction of sp³-hybridized carbons (Fsp3) is 0.833. The van der Waals surface area contributed by atoms with E-state index in [0.29, 0.717) is 32.7 Å². The van der Waals surface area contributed by atoms with Crippen LogP contribution in [0.2, 0.25) is 0 Å². The smallest absolute Gasteiger partial charge is 0.269 e. The van der Waals surface area contributed by atoms with E-state index in [-0.39, 0.29) is 29.8 Å². The van der Waals surface area contributed by atoms with Crippen molar-refractivity contribution in [3.8, 4) is 0 Å². The van der Waals surface area contributed by atoms with Crippen LogP contribution in [0, 0.1) is 10.1 Å². The average Bonchev–Trinajstić information content (AvgIpc) is 2.44. The van der Waals surface area contributed by atoms with Gasteiger partial charge in [-0.15, -0.1) is 0 Å². The molecule has 20 heavy (non-hydrogen) atoms. The van der Waals surface area contributed by atoms with E-state index >= 15 is 0 Å². The molecule has 2 heterocycles. The molecule has 2 aliphatic rings. The largest absolute Gasteiger partial charge is 0.322 e. The number of hydrogen-bond donors (Lipinski definition) is 0. The Morgan fingerprint density at radius 2 is 1.50 bits per heavy atom. The number of amides is 2. The van der Waals surface area contributed by atoms with Gasteiger partial charge in [-0.1, -0.05) is 13.8 Å². The number of nitrogens with zero attached hydrogens (tertiary/aromatic N) is 4. The van der Waals surface area contributed by atoms with Gasteiger partial charge in [-0.2, -0.15) is 0 Å². The van der Waals surface area contributed by atoms with Gasteiger partial charge in [0.1, 0.15) is 0 Å². The highest BCUT2D eigenvalue weighted by Gasteiger charge is 2.55. The topological polar surface area (TPSA) is 87.0 Å². The average molecular weight is 284 g/mol. The molecule has 8 nitrogen and oxygen atoms in total. The first-order chi connectivity index (χ1) is 9.41. The van der Waals surface area contributed by atoms with E-state index in [2.05, 4.69) is 0 Å². The minimum atomic E-state index is -1.26. The quantitative estimate of drug-likeness (QED) is 0.525. The molecule has 0 spiro atoms. The summed E-state index contributed by atoms with van der Waals surface area (Å²) in [4.78, 5) is 39.7. The lowest BCUT2D eigenvalue weighted by Gasteiger charge is -2.49. The summed E-state index contributed by atoms with van der Waals surface area (Å²) < 4.78 is 0. The van der Waals surface area contributed by atoms with Crippen molar-refractivity contribution in [1.29, 1.82) is 0 Å². The van der Waals surface area contributed by atoms with Crippen LogP contribution in [-0.2, 0) is 9.59 Å². The van der Waals surface area contributed by atoms with Crippen molar-refractivity contribution in [1.82, 2.24) is 14.7 Å². The SMILES string of the molecule is CCC(=O)N1CN2CN(C(=O)CC)CC([N+](=O)[O-])(C2)C1. The van der Waals surface area contributed by atoms with Gasteiger partial charge in [0.2, 0.25) is 11.8 Å². The highest BCUT2D eigenvalue weighted by atomic mass is 16.6. The normalized spacial score (nSPS) is 29.2. The molecule has 0 aliphatic carbocycles. The van der Waals surface area contributed by atoms with Crippen LogP contribution in [0.1, 0.15) is 26.7 Å². The molecule has 8 heteroatoms. The Balaban J connectivity index is 2.24. The molecule has 2 saturated heterocycles. The number of carbonyl (C=O) groups is 2. The third-order valence-electron chi connectivity index (χ3n) is 3.93. The number of nitro groups is 1. The molecular formula is C12H20N4O4. The lowest BCUT2D eigenvalue weighted by atomic mass is 9.93. The highest BCUT2D eigenvalue weighted by molar-refractivity contribution is 5.77. The van der Waals surface area contributed by atoms with Crippen LogP contribution in [0.4, 0.5) is 0 Å². The number of rotatable bonds is 3. The Hall–Kier alpha value is -1.70. The predicted octanol–water partition coefficient (Wildman–Crippen LogP) is -0.277. The number of hydrogen-bond acceptors (Lipinski definition) is 5. The Bertz CT molecular complexity index is 411. The fourth-order valence-corrected chi connectivity index (χ4v) is 2.96. The first-order valence-electron chi connectivity index (χ1n) is 6.84. The Morgan fingerprint density at radius 3 is 1.85 bits per heavy atom. The summed E-state index contributed by atoms with van der Waals surface area (Å²) in [6, 6.07) is 0. The summed E-state index contributed by atoms with van der Waals surface area (Å²) in [6.45, 7) is 4.65. The van der Waals surface area contributed by atoms with Crippen LogP contribution in [0.15, 0.2) is 0 Å². The van der Waals surface area contributed by atoms with E-state index in [1.165, 1.54) is 9.80 Å². The van der Waals surface area contributed by atoms with E-state index in [4.69, 9.17) is 0 Å². The fourth-order valence-electron chi connectivity index (χ4n) is 2.96. The van der Waals surface area contributed by atoms with Gasteiger partial charge in [0.25, 0.3) is 5.54 Å². The molecule has 112 valence electrons. The maximum absolute atomic E-state index is 11.8. The summed E-state index contributed by atoms with van der Waals surface area (Å²) in [6.07, 6.45) is 0.665. The summed E-state index contributed by atoms with van der Waals surface area (Å²) in [5.41, 5.74) is -1.26. The molecular weight excluding hydrogens is 264 g/mol. The molecule has 2 amide bonds. The second kappa shape index (κ2) is 5.35. The van der Waals surface area contributed by atoms with Crippen molar-refractivity contribution in [2.75, 3.05) is 33.0 Å². The Kier molecular flexibility index (Phi) is 3.94. The first kappa shape index (κ1) is 14.7. The van der Waals surface area contributed by atoms with Crippen LogP contribution in [-0.4, -0.2) is 69.9 Å². The van der Waals surface area contributed by atoms with Crippen LogP contribution in [0.25, 0.3) is 0 Å². The lowest BCUT2D eigenvalue weighted by molar-refractivity contribution is -0.579. The van der Waals surface area contributed by atoms with Crippen molar-refractivity contribution in [3.05, 3.63) is 10.1 Å². The standard InChI is InChI=1S/C12H20N4O4/c1-3-10(17)14-6-12(16(19)20)5-13(8-14)9-15(7-12)11(18)4-2/h3-9H2,1-2H3. The summed E-state index contributed by atoms with van der Waals surface area (Å²) >= 11 is 0. The molecule has 0 unspecified atom stereocenters. The molecule has 0 aromatic heterocycles. The highest BCUT2D eigenvalue weighted by Crippen LogP contribution is 2.27. The molecule has 2 aliphatic heterocycles. The van der Waals surface area contributed by atoms with Gasteiger partial charge in [0.15, 0.2) is 0 Å². The molecule has 0 aromatic carbocycles. The predicted molar refractivity (Wildman–Crippen MR) is 70.2 cm³/mol. The van der Waals surface area contributed by atoms with E-state index in [1.807, 2.05) is 0 Å². The van der Waals surface area contributed by atoms with E-state index in [9.17, 15) is 19.7 Å². The van der Waals surface area contributed by atoms with Gasteiger partial charge in [-0.05, 0) is 0 Å². The zero-order chi connectivity index (χ0) is 14.9. The third kappa shape index (κ3) is 2.47. The summed E-state index contributed by atoms with van der Waals surface area (Å²) in [5.74, 6) is -0.174. The minimum absolute atomic E-state index is 0.0800. The molecule has 2 fully saturated rings. The molecule has 0 atom stereocenters. The van der Waals surface area contributed by atoms with Gasteiger partial charge in [-0.25, -0.2) is 0 Å². The lowest BCUT2D eigenvalue weighted by Crippen LogP contribution is -2.73. The molecule has 2 rings (SSSR count). The van der Waals surface area contributed by atoms with E-state index in [0.717, 1.165) is 0 Å². The first-order valence-corrected chi connectivity index (χ1v) is 6.84. The molecule has 0 N–H and O–H groups in total. The van der Waals surface area contributed by atoms with Crippen LogP contribution in [0.3, 0.4) is 0 Å². The monoisotopic (exact) mass is 284 g/mol. The van der Waals surface area contributed by atoms with Crippen molar-refractivity contribution >= 4 is 11.8 Å². The third-order valence-corrected chi connectivity index (χ3v) is 3.93. The van der Waals surface area contributed by atoms with Gasteiger partial charge >= 0.3 is 0 Å². The van der Waals surface area contributed by atoms with E-state index < -0.39 is 5.54 Å². The molecule has 2 bridgehead atoms. The minimum Gasteiger partial charge on any atom is -0.322 e. The van der Waals surface area contributed by atoms with Crippen molar-refractivity contribution in [2.24, 2.45) is 0 Å². The molecule has 0 aromatic rings. The van der Waals surface area contributed by atoms with Crippen molar-refractivity contribution in [2.45, 2.75) is 32.2 Å². The van der Waals surface area contributed by atoms with Crippen molar-refractivity contribution in [3.63, 3.8) is 0 Å². The maximum Gasteiger partial charge on any atom is 0.269 e. The second-order valence-electron chi connectivity index (χ2n) is 5.48. The number of carbonyl (C=O) groups excluding carboxylic acids is 2. The summed E-state index contributed by atoms with van der Waals surface area (Å²) in [7, 11) is 0. The summed E-state index contributed by atoms with van der Waals surface area (Å²) in [5, 5.41) is 11.5.